The van der Waals surface area contributed by atoms with Crippen molar-refractivity contribution in [3.63, 3.8) is 0 Å². The fourth-order valence-corrected chi connectivity index (χ4v) is 4.51. The number of carbonyl (C=O) groups is 2. The van der Waals surface area contributed by atoms with Gasteiger partial charge >= 0.3 is 24.3 Å². The molecule has 45 heavy (non-hydrogen) atoms. The van der Waals surface area contributed by atoms with Crippen LogP contribution in [0.1, 0.15) is 28.8 Å². The van der Waals surface area contributed by atoms with E-state index in [0.717, 1.165) is 23.9 Å². The molecule has 5 N–H and O–H groups in total. The summed E-state index contributed by atoms with van der Waals surface area (Å²) in [4.78, 5) is 29.6. The molecule has 0 fully saturated rings. The molecule has 3 unspecified atom stereocenters. The zero-order valence-electron chi connectivity index (χ0n) is 23.1. The van der Waals surface area contributed by atoms with Gasteiger partial charge in [-0.25, -0.2) is 40.1 Å². The van der Waals surface area contributed by atoms with Gasteiger partial charge in [0, 0.05) is 18.7 Å². The molecule has 3 rings (SSSR count). The number of ether oxygens (including phenoxy) is 1. The number of carboxylic acids is 1. The molecule has 0 saturated carbocycles. The van der Waals surface area contributed by atoms with Crippen LogP contribution in [0, 0.1) is 12.7 Å². The van der Waals surface area contributed by atoms with Crippen LogP contribution >= 0.6 is 20.8 Å². The Morgan fingerprint density at radius 3 is 2.20 bits per heavy atom. The number of alkyl halides is 6. The zero-order chi connectivity index (χ0) is 33.9. The van der Waals surface area contributed by atoms with Crippen LogP contribution in [0.5, 0.6) is 5.75 Å². The number of aromatic nitrogens is 1. The Labute approximate surface area is 259 Å². The van der Waals surface area contributed by atoms with Crippen LogP contribution in [0.2, 0.25) is 5.02 Å². The highest BCUT2D eigenvalue weighted by molar-refractivity contribution is 7.17. The van der Waals surface area contributed by atoms with Crippen LogP contribution in [0.3, 0.4) is 0 Å². The number of aryl methyl sites for hydroxylation is 1. The van der Waals surface area contributed by atoms with Crippen molar-refractivity contribution in [2.45, 2.75) is 49.5 Å². The highest BCUT2D eigenvalue weighted by atomic mass is 35.5. The van der Waals surface area contributed by atoms with Crippen molar-refractivity contribution >= 4 is 32.8 Å². The van der Waals surface area contributed by atoms with E-state index in [9.17, 15) is 41.0 Å². The summed E-state index contributed by atoms with van der Waals surface area (Å²) < 4.78 is 101. The molecular formula is C27H26ClF7N5O4P. The van der Waals surface area contributed by atoms with Crippen LogP contribution < -0.4 is 16.4 Å². The summed E-state index contributed by atoms with van der Waals surface area (Å²) in [6.07, 6.45) is -11.0. The smallest absolute Gasteiger partial charge is 0.433 e. The van der Waals surface area contributed by atoms with E-state index in [2.05, 4.69) is 9.72 Å². The lowest BCUT2D eigenvalue weighted by Gasteiger charge is -2.43. The number of nitrogens with two attached hydrogens (primary N) is 2. The number of nitrogens with zero attached hydrogens (tertiary/aromatic N) is 3. The molecule has 0 aliphatic carbocycles. The predicted molar refractivity (Wildman–Crippen MR) is 151 cm³/mol. The highest BCUT2D eigenvalue weighted by Crippen LogP contribution is 2.41. The van der Waals surface area contributed by atoms with E-state index in [4.69, 9.17) is 23.3 Å². The van der Waals surface area contributed by atoms with Crippen LogP contribution in [-0.2, 0) is 16.8 Å². The molecule has 1 aromatic heterocycles. The van der Waals surface area contributed by atoms with Crippen LogP contribution in [0.4, 0.5) is 35.5 Å². The van der Waals surface area contributed by atoms with Gasteiger partial charge in [0.15, 0.2) is 6.04 Å². The van der Waals surface area contributed by atoms with Gasteiger partial charge in [-0.05, 0) is 42.3 Å². The summed E-state index contributed by atoms with van der Waals surface area (Å²) in [5.74, 6) is 4.68. The first-order valence-corrected chi connectivity index (χ1v) is 13.7. The second-order valence-corrected chi connectivity index (χ2v) is 10.9. The predicted octanol–water partition coefficient (Wildman–Crippen LogP) is 5.69. The van der Waals surface area contributed by atoms with Crippen LogP contribution in [0.15, 0.2) is 60.8 Å². The topological polar surface area (TPSA) is 135 Å². The quantitative estimate of drug-likeness (QED) is 0.0778. The molecule has 2 amide bonds. The highest BCUT2D eigenvalue weighted by Gasteiger charge is 2.49. The molecule has 0 bridgehead atoms. The Morgan fingerprint density at radius 1 is 1.07 bits per heavy atom. The first-order chi connectivity index (χ1) is 20.8. The van der Waals surface area contributed by atoms with E-state index >= 15 is 4.39 Å². The maximum atomic E-state index is 15.1. The Bertz CT molecular complexity index is 1520. The standard InChI is InChI=1S/C27H26ClF7N5O4P/c1-14-2-4-15(5-3-14)11-25(21-7-6-17(28)13-38-21,16-8-18(29)10-19(9-16)44-27(34,35)23(30)45)40(37)24(43)39(36)20(22(41)42)12-26(31,32)33/h2-10,13,20,23H,11-12,36-37,45H2,1H3,(H,41,42)/t20?,23?,25-/m0/s1. The summed E-state index contributed by atoms with van der Waals surface area (Å²) >= 11 is 5.99. The minimum Gasteiger partial charge on any atom is -0.480 e. The average molecular weight is 684 g/mol. The third-order valence-corrected chi connectivity index (χ3v) is 7.15. The Morgan fingerprint density at radius 2 is 1.69 bits per heavy atom. The minimum atomic E-state index is -5.09. The Hall–Kier alpha value is -3.72. The maximum absolute atomic E-state index is 15.1. The number of carboxylic acid groups (broad SMARTS) is 1. The first kappa shape index (κ1) is 35.8. The van der Waals surface area contributed by atoms with E-state index < -0.39 is 71.8 Å². The van der Waals surface area contributed by atoms with E-state index in [-0.39, 0.29) is 20.7 Å². The number of hydrogen-bond acceptors (Lipinski definition) is 6. The number of amides is 2. The molecule has 4 atom stereocenters. The number of hydrazine groups is 2. The van der Waals surface area contributed by atoms with Gasteiger partial charge in [-0.2, -0.15) is 22.0 Å². The van der Waals surface area contributed by atoms with Gasteiger partial charge in [-0.1, -0.05) is 50.7 Å². The summed E-state index contributed by atoms with van der Waals surface area (Å²) in [5.41, 5.74) is -1.89. The molecule has 9 nitrogen and oxygen atoms in total. The average Bonchev–Trinajstić information content (AvgIpc) is 2.94. The van der Waals surface area contributed by atoms with Gasteiger partial charge in [-0.15, -0.1) is 0 Å². The van der Waals surface area contributed by atoms with Gasteiger partial charge in [0.2, 0.25) is 5.91 Å². The summed E-state index contributed by atoms with van der Waals surface area (Å²) in [5, 5.41) is 9.46. The van der Waals surface area contributed by atoms with Crippen molar-refractivity contribution in [2.24, 2.45) is 11.7 Å². The van der Waals surface area contributed by atoms with Crippen molar-refractivity contribution < 1.29 is 50.2 Å². The normalized spacial score (nSPS) is 14.7. The molecule has 0 spiro atoms. The SMILES string of the molecule is Cc1ccc(C[C@](c2cc(F)cc(OC(F)(F)C(F)P)c2)(c2ccc(Cl)cn2)N(N)C(=O)N(N)C(CC(F)(F)F)C(=O)O)cc1. The fraction of sp³-hybridized carbons (Fsp3) is 0.296. The molecule has 0 saturated heterocycles. The van der Waals surface area contributed by atoms with Crippen molar-refractivity contribution in [3.05, 3.63) is 94.0 Å². The van der Waals surface area contributed by atoms with E-state index in [0.29, 0.717) is 11.6 Å². The minimum absolute atomic E-state index is 0.0618. The van der Waals surface area contributed by atoms with Gasteiger partial charge in [-0.3, -0.25) is 4.98 Å². The maximum Gasteiger partial charge on any atom is 0.433 e. The second-order valence-electron chi connectivity index (χ2n) is 9.86. The molecule has 2 aromatic carbocycles. The fourth-order valence-electron chi connectivity index (χ4n) is 4.33. The molecule has 3 aromatic rings. The Balaban J connectivity index is 2.35. The lowest BCUT2D eigenvalue weighted by atomic mass is 9.79. The number of carbonyl (C=O) groups excluding carboxylic acids is 1. The zero-order valence-corrected chi connectivity index (χ0v) is 25.0. The van der Waals surface area contributed by atoms with E-state index in [1.54, 1.807) is 31.2 Å². The first-order valence-electron chi connectivity index (χ1n) is 12.6. The largest absolute Gasteiger partial charge is 0.480 e. The van der Waals surface area contributed by atoms with Gasteiger partial charge in [0.25, 0.3) is 0 Å². The van der Waals surface area contributed by atoms with Gasteiger partial charge < -0.3 is 9.84 Å². The van der Waals surface area contributed by atoms with Crippen molar-refractivity contribution in [1.29, 1.82) is 0 Å². The molecule has 0 aliphatic rings. The Kier molecular flexibility index (Phi) is 10.9. The summed E-state index contributed by atoms with van der Waals surface area (Å²) in [6.45, 7) is 1.75. The number of rotatable bonds is 11. The number of aliphatic carboxylic acids is 1. The second kappa shape index (κ2) is 13.7. The number of benzene rings is 2. The number of pyridine rings is 1. The van der Waals surface area contributed by atoms with Crippen molar-refractivity contribution in [3.8, 4) is 5.75 Å². The van der Waals surface area contributed by atoms with Crippen LogP contribution in [0.25, 0.3) is 0 Å². The van der Waals surface area contributed by atoms with Gasteiger partial charge in [0.1, 0.15) is 17.1 Å². The number of halogens is 8. The lowest BCUT2D eigenvalue weighted by Crippen LogP contribution is -2.64. The van der Waals surface area contributed by atoms with Crippen LogP contribution in [-0.4, -0.2) is 56.3 Å². The number of hydrogen-bond donors (Lipinski definition) is 3. The summed E-state index contributed by atoms with van der Waals surface area (Å²) in [7, 11) is 1.19. The molecule has 0 aliphatic heterocycles. The molecule has 18 heteroatoms. The molecule has 0 radical (unpaired) electrons. The van der Waals surface area contributed by atoms with E-state index in [1.807, 2.05) is 0 Å². The monoisotopic (exact) mass is 683 g/mol. The van der Waals surface area contributed by atoms with E-state index in [1.165, 1.54) is 21.4 Å². The molecule has 244 valence electrons. The molecule has 1 heterocycles. The molecular weight excluding hydrogens is 658 g/mol. The third-order valence-electron chi connectivity index (χ3n) is 6.54. The van der Waals surface area contributed by atoms with Gasteiger partial charge in [0.05, 0.1) is 17.1 Å². The summed E-state index contributed by atoms with van der Waals surface area (Å²) in [6, 6.07) is 6.46. The number of urea groups is 1. The van der Waals surface area contributed by atoms with Crippen molar-refractivity contribution in [1.82, 2.24) is 15.0 Å². The third kappa shape index (κ3) is 8.51. The van der Waals surface area contributed by atoms with Crippen molar-refractivity contribution in [2.75, 3.05) is 0 Å². The lowest BCUT2D eigenvalue weighted by molar-refractivity contribution is -0.197.